The summed E-state index contributed by atoms with van der Waals surface area (Å²) in [4.78, 5) is 51.7. The number of nitrogens with one attached hydrogen (secondary N) is 2. The average Bonchev–Trinajstić information content (AvgIpc) is 3.92. The first kappa shape index (κ1) is 29.9. The number of ether oxygens (including phenoxy) is 3. The van der Waals surface area contributed by atoms with Crippen LogP contribution in [0.1, 0.15) is 54.4 Å². The van der Waals surface area contributed by atoms with Gasteiger partial charge in [0.05, 0.1) is 12.2 Å². The Morgan fingerprint density at radius 2 is 1.81 bits per heavy atom. The Morgan fingerprint density at radius 3 is 2.48 bits per heavy atom. The first-order valence-corrected chi connectivity index (χ1v) is 14.6. The van der Waals surface area contributed by atoms with Crippen molar-refractivity contribution >= 4 is 29.8 Å². The van der Waals surface area contributed by atoms with Gasteiger partial charge in [0.1, 0.15) is 18.3 Å². The van der Waals surface area contributed by atoms with Crippen molar-refractivity contribution in [3.63, 3.8) is 0 Å². The fourth-order valence-electron chi connectivity index (χ4n) is 5.55. The van der Waals surface area contributed by atoms with Crippen molar-refractivity contribution in [1.29, 1.82) is 0 Å². The van der Waals surface area contributed by atoms with Gasteiger partial charge >= 0.3 is 5.97 Å². The normalized spacial score (nSPS) is 24.5. The maximum atomic E-state index is 13.4. The van der Waals surface area contributed by atoms with Gasteiger partial charge in [-0.3, -0.25) is 14.4 Å². The smallest absolute Gasteiger partial charge is 0.338 e. The molecule has 226 valence electrons. The summed E-state index contributed by atoms with van der Waals surface area (Å²) >= 11 is 0. The van der Waals surface area contributed by atoms with Crippen LogP contribution in [-0.2, 0) is 28.6 Å². The van der Waals surface area contributed by atoms with E-state index in [0.717, 1.165) is 25.7 Å². The van der Waals surface area contributed by atoms with Gasteiger partial charge in [0.25, 0.3) is 0 Å². The number of benzene rings is 1. The number of hydrogen-bond acceptors (Lipinski definition) is 8. The van der Waals surface area contributed by atoms with Crippen molar-refractivity contribution in [2.75, 3.05) is 33.8 Å². The lowest BCUT2D eigenvalue weighted by atomic mass is 9.91. The number of likely N-dealkylation sites (N-methyl/N-ethyl adjacent to an activating group) is 1. The minimum atomic E-state index is -0.755. The summed E-state index contributed by atoms with van der Waals surface area (Å²) in [5.41, 5.74) is 1.40. The Balaban J connectivity index is 1.30. The van der Waals surface area contributed by atoms with Crippen LogP contribution in [0, 0.1) is 11.8 Å². The number of aliphatic hydroxyl groups excluding tert-OH is 1. The number of amides is 3. The first-order chi connectivity index (χ1) is 20.2. The quantitative estimate of drug-likeness (QED) is 0.249. The third-order valence-electron chi connectivity index (χ3n) is 8.01. The fourth-order valence-corrected chi connectivity index (χ4v) is 5.55. The molecule has 3 atom stereocenters. The summed E-state index contributed by atoms with van der Waals surface area (Å²) in [6.07, 6.45) is 7.29. The van der Waals surface area contributed by atoms with E-state index in [1.165, 1.54) is 11.0 Å². The molecule has 5 rings (SSSR count). The Labute approximate surface area is 245 Å². The minimum Gasteiger partial charge on any atom is -0.456 e. The van der Waals surface area contributed by atoms with E-state index in [-0.39, 0.29) is 50.3 Å². The molecule has 1 saturated heterocycles. The van der Waals surface area contributed by atoms with Crippen molar-refractivity contribution < 1.29 is 38.5 Å². The zero-order valence-corrected chi connectivity index (χ0v) is 24.0. The molecule has 3 aliphatic carbocycles. The van der Waals surface area contributed by atoms with E-state index in [9.17, 15) is 19.2 Å². The van der Waals surface area contributed by atoms with E-state index in [1.807, 2.05) is 0 Å². The highest BCUT2D eigenvalue weighted by Crippen LogP contribution is 2.59. The topological polar surface area (TPSA) is 144 Å². The molecule has 0 aromatic heterocycles. The van der Waals surface area contributed by atoms with Gasteiger partial charge in [-0.05, 0) is 55.5 Å². The number of aliphatic hydroxyl groups is 1. The van der Waals surface area contributed by atoms with Gasteiger partial charge in [-0.1, -0.05) is 12.1 Å². The van der Waals surface area contributed by atoms with Gasteiger partial charge in [-0.2, -0.15) is 0 Å². The van der Waals surface area contributed by atoms with E-state index in [2.05, 4.69) is 10.6 Å². The van der Waals surface area contributed by atoms with Crippen LogP contribution in [0.5, 0.6) is 0 Å². The minimum absolute atomic E-state index is 0.0699. The van der Waals surface area contributed by atoms with Gasteiger partial charge < -0.3 is 34.9 Å². The van der Waals surface area contributed by atoms with Crippen LogP contribution >= 0.6 is 0 Å². The number of carbonyl (C=O) groups is 4. The molecule has 3 N–H and O–H groups in total. The van der Waals surface area contributed by atoms with Crippen LogP contribution < -0.4 is 10.6 Å². The highest BCUT2D eigenvalue weighted by Gasteiger charge is 2.64. The molecule has 3 fully saturated rings. The van der Waals surface area contributed by atoms with Gasteiger partial charge in [0.15, 0.2) is 5.79 Å². The lowest BCUT2D eigenvalue weighted by Crippen LogP contribution is -2.44. The number of carbonyl (C=O) groups excluding carboxylic acids is 4. The number of hydrogen-bond donors (Lipinski definition) is 3. The molecule has 0 radical (unpaired) electrons. The predicted octanol–water partition coefficient (Wildman–Crippen LogP) is 1.56. The van der Waals surface area contributed by atoms with Crippen LogP contribution in [0.25, 0.3) is 6.08 Å². The van der Waals surface area contributed by atoms with E-state index in [4.69, 9.17) is 19.3 Å². The number of fused-ring (bicyclic) bond motifs is 1. The van der Waals surface area contributed by atoms with Crippen molar-refractivity contribution in [3.8, 4) is 0 Å². The van der Waals surface area contributed by atoms with Crippen LogP contribution in [0.2, 0.25) is 0 Å². The summed E-state index contributed by atoms with van der Waals surface area (Å²) < 4.78 is 19.2. The highest BCUT2D eigenvalue weighted by atomic mass is 16.8. The molecule has 11 nitrogen and oxygen atoms in total. The molecule has 1 aromatic rings. The second-order valence-corrected chi connectivity index (χ2v) is 11.5. The molecule has 42 heavy (non-hydrogen) atoms. The predicted molar refractivity (Wildman–Crippen MR) is 152 cm³/mol. The van der Waals surface area contributed by atoms with Crippen molar-refractivity contribution in [3.05, 3.63) is 53.1 Å². The second-order valence-electron chi connectivity index (χ2n) is 11.5. The zero-order valence-electron chi connectivity index (χ0n) is 24.0. The molecule has 1 aliphatic heterocycles. The monoisotopic (exact) mass is 581 g/mol. The van der Waals surface area contributed by atoms with Crippen molar-refractivity contribution in [2.45, 2.75) is 62.6 Å². The molecular weight excluding hydrogens is 542 g/mol. The van der Waals surface area contributed by atoms with Crippen LogP contribution in [0.3, 0.4) is 0 Å². The standard InChI is InChI=1S/C31H39N3O8/c1-34(2)27(37)11-6-19-4-3-5-20(16-19)30(39)40-24-17-21(29(38)33-13-12-26(36)32-14-15-35)18-25-28(24)42-31(41-25,22-7-8-22)23-9-10-23/h3-6,11,16,18,22-25,28,35H,7-10,12-15,17H2,1-2H3,(H,32,36)(H,33,38). The zero-order chi connectivity index (χ0) is 29.9. The molecule has 1 heterocycles. The Hall–Kier alpha value is -3.54. The molecule has 3 amide bonds. The molecule has 0 bridgehead atoms. The van der Waals surface area contributed by atoms with E-state index in [0.29, 0.717) is 28.5 Å². The van der Waals surface area contributed by atoms with Gasteiger partial charge in [0.2, 0.25) is 17.7 Å². The van der Waals surface area contributed by atoms with Crippen LogP contribution in [0.4, 0.5) is 0 Å². The summed E-state index contributed by atoms with van der Waals surface area (Å²) in [5, 5.41) is 14.2. The van der Waals surface area contributed by atoms with Gasteiger partial charge in [-0.25, -0.2) is 4.79 Å². The third-order valence-corrected chi connectivity index (χ3v) is 8.01. The average molecular weight is 582 g/mol. The Kier molecular flexibility index (Phi) is 9.10. The fraction of sp³-hybridized carbons (Fsp3) is 0.548. The molecule has 11 heteroatoms. The van der Waals surface area contributed by atoms with Crippen LogP contribution in [-0.4, -0.2) is 91.6 Å². The van der Waals surface area contributed by atoms with E-state index in [1.54, 1.807) is 50.5 Å². The summed E-state index contributed by atoms with van der Waals surface area (Å²) in [6, 6.07) is 6.80. The van der Waals surface area contributed by atoms with E-state index < -0.39 is 30.1 Å². The Bertz CT molecular complexity index is 1250. The van der Waals surface area contributed by atoms with Crippen molar-refractivity contribution in [2.24, 2.45) is 11.8 Å². The molecule has 4 aliphatic rings. The summed E-state index contributed by atoms with van der Waals surface area (Å²) in [7, 11) is 3.32. The maximum absolute atomic E-state index is 13.4. The molecular formula is C31H39N3O8. The Morgan fingerprint density at radius 1 is 1.07 bits per heavy atom. The SMILES string of the molecule is CN(C)C(=O)C=Cc1cccc(C(=O)OC2CC(C(=O)NCCC(=O)NCCO)=CC3OC(C4CC4)(C4CC4)OC32)c1. The summed E-state index contributed by atoms with van der Waals surface area (Å²) in [5.74, 6) is -1.49. The molecule has 1 aromatic carbocycles. The number of rotatable bonds is 12. The van der Waals surface area contributed by atoms with Crippen molar-refractivity contribution in [1.82, 2.24) is 15.5 Å². The lowest BCUT2D eigenvalue weighted by Gasteiger charge is -2.31. The van der Waals surface area contributed by atoms with Gasteiger partial charge in [0, 0.05) is 63.5 Å². The molecule has 3 unspecified atom stereocenters. The maximum Gasteiger partial charge on any atom is 0.338 e. The van der Waals surface area contributed by atoms with Gasteiger partial charge in [-0.15, -0.1) is 0 Å². The number of esters is 1. The first-order valence-electron chi connectivity index (χ1n) is 14.6. The lowest BCUT2D eigenvalue weighted by molar-refractivity contribution is -0.209. The van der Waals surface area contributed by atoms with Crippen LogP contribution in [0.15, 0.2) is 42.0 Å². The largest absolute Gasteiger partial charge is 0.456 e. The second kappa shape index (κ2) is 12.8. The highest BCUT2D eigenvalue weighted by molar-refractivity contribution is 5.95. The molecule has 0 spiro atoms. The summed E-state index contributed by atoms with van der Waals surface area (Å²) in [6.45, 7) is 0.118. The molecule has 2 saturated carbocycles. The third kappa shape index (κ3) is 6.91. The number of nitrogens with zero attached hydrogens (tertiary/aromatic N) is 1. The van der Waals surface area contributed by atoms with E-state index >= 15 is 0 Å².